The summed E-state index contributed by atoms with van der Waals surface area (Å²) in [5, 5.41) is 2.16. The molecule has 0 aromatic heterocycles. The van der Waals surface area contributed by atoms with Gasteiger partial charge in [0.05, 0.1) is 18.6 Å². The highest BCUT2D eigenvalue weighted by atomic mass is 19.1. The Balaban J connectivity index is 1.26. The Morgan fingerprint density at radius 2 is 1.85 bits per heavy atom. The van der Waals surface area contributed by atoms with E-state index >= 15 is 8.78 Å². The first-order valence-electron chi connectivity index (χ1n) is 13.6. The van der Waals surface area contributed by atoms with Crippen LogP contribution in [0.15, 0.2) is 18.2 Å². The second kappa shape index (κ2) is 10.1. The summed E-state index contributed by atoms with van der Waals surface area (Å²) in [7, 11) is 0. The SMILES string of the molecule is Cc1cc(OC(N)=O)c(C2CN(c3cc(F)c(C4CCC(=O)NC4=O)c(F)c3)C2)c(CN2CC3CC2CO3)c1C. The summed E-state index contributed by atoms with van der Waals surface area (Å²) >= 11 is 0. The van der Waals surface area contributed by atoms with Gasteiger partial charge in [-0.1, -0.05) is 0 Å². The molecule has 2 aromatic rings. The van der Waals surface area contributed by atoms with Gasteiger partial charge in [-0.2, -0.15) is 0 Å². The minimum atomic E-state index is -1.05. The van der Waals surface area contributed by atoms with E-state index in [1.54, 1.807) is 0 Å². The molecular weight excluding hydrogens is 522 g/mol. The van der Waals surface area contributed by atoms with Crippen molar-refractivity contribution in [2.75, 3.05) is 31.1 Å². The number of carbonyl (C=O) groups excluding carboxylic acids is 3. The van der Waals surface area contributed by atoms with Crippen molar-refractivity contribution in [3.8, 4) is 5.75 Å². The lowest BCUT2D eigenvalue weighted by atomic mass is 9.83. The highest BCUT2D eigenvalue weighted by molar-refractivity contribution is 6.01. The van der Waals surface area contributed by atoms with Crippen molar-refractivity contribution < 1.29 is 32.6 Å². The quantitative estimate of drug-likeness (QED) is 0.528. The molecule has 212 valence electrons. The van der Waals surface area contributed by atoms with Crippen LogP contribution in [0, 0.1) is 25.5 Å². The lowest BCUT2D eigenvalue weighted by molar-refractivity contribution is -0.134. The number of anilines is 1. The van der Waals surface area contributed by atoms with E-state index in [1.807, 2.05) is 17.9 Å². The molecule has 0 aliphatic carbocycles. The fourth-order valence-corrected chi connectivity index (χ4v) is 6.62. The third-order valence-electron chi connectivity index (χ3n) is 8.87. The third-order valence-corrected chi connectivity index (χ3v) is 8.87. The number of amides is 3. The number of benzene rings is 2. The Morgan fingerprint density at radius 3 is 2.45 bits per heavy atom. The fraction of sp³-hybridized carbons (Fsp3) is 0.483. The van der Waals surface area contributed by atoms with Crippen LogP contribution in [0.4, 0.5) is 19.3 Å². The monoisotopic (exact) mass is 554 g/mol. The van der Waals surface area contributed by atoms with E-state index in [2.05, 4.69) is 17.1 Å². The van der Waals surface area contributed by atoms with Crippen LogP contribution in [0.3, 0.4) is 0 Å². The molecule has 4 aliphatic heterocycles. The summed E-state index contributed by atoms with van der Waals surface area (Å²) in [4.78, 5) is 39.7. The van der Waals surface area contributed by atoms with Crippen LogP contribution >= 0.6 is 0 Å². The molecule has 4 saturated heterocycles. The topological polar surface area (TPSA) is 114 Å². The van der Waals surface area contributed by atoms with Crippen molar-refractivity contribution in [1.29, 1.82) is 0 Å². The molecule has 4 fully saturated rings. The maximum absolute atomic E-state index is 15.2. The van der Waals surface area contributed by atoms with Crippen molar-refractivity contribution in [3.63, 3.8) is 0 Å². The molecule has 3 atom stereocenters. The van der Waals surface area contributed by atoms with Crippen molar-refractivity contribution >= 4 is 23.6 Å². The van der Waals surface area contributed by atoms with E-state index in [1.165, 1.54) is 12.1 Å². The van der Waals surface area contributed by atoms with Gasteiger partial charge in [0, 0.05) is 61.4 Å². The number of imide groups is 1. The maximum Gasteiger partial charge on any atom is 0.409 e. The molecule has 0 radical (unpaired) electrons. The van der Waals surface area contributed by atoms with E-state index in [4.69, 9.17) is 15.2 Å². The number of aryl methyl sites for hydroxylation is 1. The summed E-state index contributed by atoms with van der Waals surface area (Å²) in [6.45, 7) is 7.17. The van der Waals surface area contributed by atoms with Gasteiger partial charge in [-0.3, -0.25) is 19.8 Å². The first-order chi connectivity index (χ1) is 19.1. The molecular formula is C29H32F2N4O5. The van der Waals surface area contributed by atoms with Crippen LogP contribution < -0.4 is 20.7 Å². The Hall–Kier alpha value is -3.57. The normalized spacial score (nSPS) is 24.8. The van der Waals surface area contributed by atoms with E-state index in [-0.39, 0.29) is 30.4 Å². The predicted molar refractivity (Wildman–Crippen MR) is 141 cm³/mol. The molecule has 0 spiro atoms. The number of carbonyl (C=O) groups is 3. The molecule has 40 heavy (non-hydrogen) atoms. The Labute approximate surface area is 230 Å². The lowest BCUT2D eigenvalue weighted by Crippen LogP contribution is -2.46. The van der Waals surface area contributed by atoms with Crippen LogP contribution in [-0.4, -0.2) is 61.2 Å². The molecule has 3 unspecified atom stereocenters. The molecule has 6 rings (SSSR count). The van der Waals surface area contributed by atoms with Gasteiger partial charge >= 0.3 is 6.09 Å². The minimum Gasteiger partial charge on any atom is -0.410 e. The van der Waals surface area contributed by atoms with Crippen LogP contribution in [0.5, 0.6) is 5.75 Å². The third kappa shape index (κ3) is 4.71. The summed E-state index contributed by atoms with van der Waals surface area (Å²) < 4.78 is 41.6. The number of piperidine rings is 1. The smallest absolute Gasteiger partial charge is 0.409 e. The van der Waals surface area contributed by atoms with Crippen LogP contribution in [0.2, 0.25) is 0 Å². The average molecular weight is 555 g/mol. The van der Waals surface area contributed by atoms with Crippen LogP contribution in [0.25, 0.3) is 0 Å². The van der Waals surface area contributed by atoms with Gasteiger partial charge in [-0.15, -0.1) is 0 Å². The first-order valence-corrected chi connectivity index (χ1v) is 13.6. The molecule has 2 aromatic carbocycles. The number of ether oxygens (including phenoxy) is 2. The summed E-state index contributed by atoms with van der Waals surface area (Å²) in [5.41, 5.74) is 9.53. The number of likely N-dealkylation sites (tertiary alicyclic amines) is 1. The fourth-order valence-electron chi connectivity index (χ4n) is 6.62. The Kier molecular flexibility index (Phi) is 6.74. The van der Waals surface area contributed by atoms with E-state index in [9.17, 15) is 14.4 Å². The van der Waals surface area contributed by atoms with Crippen LogP contribution in [0.1, 0.15) is 58.9 Å². The number of nitrogens with zero attached hydrogens (tertiary/aromatic N) is 2. The molecule has 2 bridgehead atoms. The highest BCUT2D eigenvalue weighted by Gasteiger charge is 2.41. The summed E-state index contributed by atoms with van der Waals surface area (Å²) in [6.07, 6.45) is 0.450. The predicted octanol–water partition coefficient (Wildman–Crippen LogP) is 3.14. The molecule has 3 N–H and O–H groups in total. The number of nitrogens with two attached hydrogens (primary N) is 1. The Morgan fingerprint density at radius 1 is 1.12 bits per heavy atom. The number of hydrogen-bond donors (Lipinski definition) is 2. The molecule has 11 heteroatoms. The molecule has 0 saturated carbocycles. The zero-order chi connectivity index (χ0) is 28.3. The lowest BCUT2D eigenvalue weighted by Gasteiger charge is -2.43. The molecule has 4 heterocycles. The van der Waals surface area contributed by atoms with E-state index in [0.29, 0.717) is 43.7 Å². The number of nitrogens with one attached hydrogen (secondary N) is 1. The molecule has 4 aliphatic rings. The second-order valence-electron chi connectivity index (χ2n) is 11.3. The highest BCUT2D eigenvalue weighted by Crippen LogP contribution is 2.43. The van der Waals surface area contributed by atoms with Gasteiger partial charge in [0.2, 0.25) is 11.8 Å². The Bertz CT molecular complexity index is 1390. The zero-order valence-electron chi connectivity index (χ0n) is 22.5. The van der Waals surface area contributed by atoms with Crippen LogP contribution in [-0.2, 0) is 20.9 Å². The first kappa shape index (κ1) is 26.6. The maximum atomic E-state index is 15.2. The van der Waals surface area contributed by atoms with Crippen molar-refractivity contribution in [2.45, 2.75) is 63.6 Å². The van der Waals surface area contributed by atoms with Gasteiger partial charge in [-0.05, 0) is 61.6 Å². The summed E-state index contributed by atoms with van der Waals surface area (Å²) in [6, 6.07) is 4.66. The standard InChI is InChI=1S/C29H32F2N4O5/c1-14-5-24(40-29(32)38)26(21(15(14)2)12-35-11-19-6-18(35)13-39-19)16-9-34(10-16)17-7-22(30)27(23(31)8-17)20-3-4-25(36)33-28(20)37/h5,7-8,16,18-20H,3-4,6,9-13H2,1-2H3,(H2,32,38)(H,33,36,37). The average Bonchev–Trinajstić information content (AvgIpc) is 3.47. The van der Waals surface area contributed by atoms with Gasteiger partial charge in [-0.25, -0.2) is 13.6 Å². The van der Waals surface area contributed by atoms with Crippen molar-refractivity contribution in [3.05, 3.63) is 57.7 Å². The number of morpholine rings is 1. The van der Waals surface area contributed by atoms with E-state index < -0.39 is 35.5 Å². The van der Waals surface area contributed by atoms with Gasteiger partial charge < -0.3 is 20.1 Å². The van der Waals surface area contributed by atoms with E-state index in [0.717, 1.165) is 35.2 Å². The van der Waals surface area contributed by atoms with Gasteiger partial charge in [0.1, 0.15) is 17.4 Å². The van der Waals surface area contributed by atoms with Crippen molar-refractivity contribution in [2.24, 2.45) is 5.73 Å². The number of primary amides is 1. The number of fused-ring (bicyclic) bond motifs is 2. The molecule has 3 amide bonds. The van der Waals surface area contributed by atoms with Gasteiger partial charge in [0.15, 0.2) is 0 Å². The summed E-state index contributed by atoms with van der Waals surface area (Å²) in [5.74, 6) is -3.45. The molecule has 9 nitrogen and oxygen atoms in total. The van der Waals surface area contributed by atoms with Gasteiger partial charge in [0.25, 0.3) is 0 Å². The minimum absolute atomic E-state index is 0.0324. The largest absolute Gasteiger partial charge is 0.410 e. The number of halogens is 2. The van der Waals surface area contributed by atoms with Crippen molar-refractivity contribution in [1.82, 2.24) is 10.2 Å². The number of hydrogen-bond acceptors (Lipinski definition) is 7. The second-order valence-corrected chi connectivity index (χ2v) is 11.3. The number of rotatable bonds is 6. The zero-order valence-corrected chi connectivity index (χ0v) is 22.5.